The molecule has 5 rings (SSSR count). The van der Waals surface area contributed by atoms with Crippen molar-refractivity contribution in [3.05, 3.63) is 57.1 Å². The van der Waals surface area contributed by atoms with Crippen molar-refractivity contribution in [1.29, 1.82) is 0 Å². The number of carbonyl (C=O) groups excluding carboxylic acids is 1. The summed E-state index contributed by atoms with van der Waals surface area (Å²) in [5.74, 6) is 0.471. The molecule has 0 bridgehead atoms. The number of halogens is 4. The van der Waals surface area contributed by atoms with Crippen molar-refractivity contribution in [2.24, 2.45) is 0 Å². The van der Waals surface area contributed by atoms with Crippen molar-refractivity contribution in [2.45, 2.75) is 37.8 Å². The molecule has 0 spiro atoms. The van der Waals surface area contributed by atoms with Crippen molar-refractivity contribution in [2.75, 3.05) is 18.2 Å². The maximum absolute atomic E-state index is 13.1. The van der Waals surface area contributed by atoms with Crippen molar-refractivity contribution >= 4 is 45.8 Å². The molecule has 4 aromatic rings. The zero-order chi connectivity index (χ0) is 26.5. The van der Waals surface area contributed by atoms with E-state index >= 15 is 0 Å². The smallest absolute Gasteiger partial charge is 0.389 e. The van der Waals surface area contributed by atoms with Crippen LogP contribution in [0.25, 0.3) is 17.2 Å². The quantitative estimate of drug-likeness (QED) is 0.303. The monoisotopic (exact) mass is 623 g/mol. The number of rotatable bonds is 6. The summed E-state index contributed by atoms with van der Waals surface area (Å²) in [6.07, 6.45) is -2.19. The number of anilines is 2. The number of carbonyl (C=O) groups is 1. The van der Waals surface area contributed by atoms with Gasteiger partial charge in [0.2, 0.25) is 11.8 Å². The van der Waals surface area contributed by atoms with Gasteiger partial charge in [-0.25, -0.2) is 15.0 Å². The SMILES string of the molecule is COc1cn2cc(-c3nc(N)c4c(n3)NC(=O)C4(C)c3ccc(I)cc3)nc(CCCC(F)(F)F)c2n1. The summed E-state index contributed by atoms with van der Waals surface area (Å²) in [7, 11) is 1.44. The summed E-state index contributed by atoms with van der Waals surface area (Å²) < 4.78 is 46.1. The Labute approximate surface area is 222 Å². The number of imidazole rings is 1. The van der Waals surface area contributed by atoms with Crippen LogP contribution >= 0.6 is 22.6 Å². The molecular weight excluding hydrogens is 602 g/mol. The van der Waals surface area contributed by atoms with Crippen LogP contribution in [0.5, 0.6) is 5.88 Å². The van der Waals surface area contributed by atoms with Crippen molar-refractivity contribution in [3.8, 4) is 17.4 Å². The molecule has 0 fully saturated rings. The highest BCUT2D eigenvalue weighted by atomic mass is 127. The van der Waals surface area contributed by atoms with E-state index in [0.717, 1.165) is 9.13 Å². The minimum absolute atomic E-state index is 0.0268. The molecule has 9 nitrogen and oxygen atoms in total. The van der Waals surface area contributed by atoms with E-state index in [2.05, 4.69) is 47.8 Å². The van der Waals surface area contributed by atoms with E-state index < -0.39 is 18.0 Å². The van der Waals surface area contributed by atoms with Gasteiger partial charge in [-0.15, -0.1) is 0 Å². The lowest BCUT2D eigenvalue weighted by atomic mass is 9.78. The van der Waals surface area contributed by atoms with Crippen LogP contribution in [0.3, 0.4) is 0 Å². The number of aryl methyl sites for hydroxylation is 1. The molecular formula is C24H21F3IN7O2. The maximum atomic E-state index is 13.1. The zero-order valence-corrected chi connectivity index (χ0v) is 21.9. The van der Waals surface area contributed by atoms with Gasteiger partial charge in [-0.2, -0.15) is 18.2 Å². The van der Waals surface area contributed by atoms with E-state index in [1.165, 1.54) is 7.11 Å². The van der Waals surface area contributed by atoms with Gasteiger partial charge in [-0.3, -0.25) is 9.20 Å². The highest BCUT2D eigenvalue weighted by Crippen LogP contribution is 2.45. The number of benzene rings is 1. The molecule has 1 aliphatic heterocycles. The number of methoxy groups -OCH3 is 1. The minimum atomic E-state index is -4.28. The van der Waals surface area contributed by atoms with Crippen LogP contribution in [-0.2, 0) is 16.6 Å². The van der Waals surface area contributed by atoms with E-state index in [-0.39, 0.29) is 47.8 Å². The minimum Gasteiger partial charge on any atom is -0.480 e. The summed E-state index contributed by atoms with van der Waals surface area (Å²) in [5, 5.41) is 2.80. The predicted octanol–water partition coefficient (Wildman–Crippen LogP) is 4.52. The number of nitrogens with zero attached hydrogens (tertiary/aromatic N) is 5. The van der Waals surface area contributed by atoms with Gasteiger partial charge in [-0.1, -0.05) is 12.1 Å². The van der Waals surface area contributed by atoms with E-state index in [0.29, 0.717) is 16.9 Å². The molecule has 1 atom stereocenters. The Kier molecular flexibility index (Phi) is 6.20. The Morgan fingerprint density at radius 2 is 1.86 bits per heavy atom. The van der Waals surface area contributed by atoms with E-state index in [9.17, 15) is 18.0 Å². The first-order valence-corrected chi connectivity index (χ1v) is 12.3. The summed E-state index contributed by atoms with van der Waals surface area (Å²) in [4.78, 5) is 30.9. The topological polar surface area (TPSA) is 120 Å². The first kappa shape index (κ1) is 25.2. The van der Waals surface area contributed by atoms with Crippen LogP contribution in [-0.4, -0.2) is 43.5 Å². The van der Waals surface area contributed by atoms with E-state index in [1.807, 2.05) is 24.3 Å². The summed E-state index contributed by atoms with van der Waals surface area (Å²) in [6, 6.07) is 7.52. The highest BCUT2D eigenvalue weighted by molar-refractivity contribution is 14.1. The average Bonchev–Trinajstić information content (AvgIpc) is 3.37. The molecule has 13 heteroatoms. The molecule has 0 aliphatic carbocycles. The lowest BCUT2D eigenvalue weighted by Gasteiger charge is -2.23. The summed E-state index contributed by atoms with van der Waals surface area (Å²) in [5.41, 5.74) is 7.45. The fourth-order valence-corrected chi connectivity index (χ4v) is 4.81. The van der Waals surface area contributed by atoms with Crippen LogP contribution in [0.2, 0.25) is 0 Å². The third-order valence-electron chi connectivity index (χ3n) is 6.34. The van der Waals surface area contributed by atoms with Crippen molar-refractivity contribution in [1.82, 2.24) is 24.3 Å². The number of nitrogens with two attached hydrogens (primary N) is 1. The molecule has 0 saturated carbocycles. The standard InChI is InChI=1S/C24H21F3IN7O2/c1-23(12-5-7-13(28)8-6-12)17-18(29)32-19(33-20(17)34-22(23)36)15-10-35-11-16(37-2)31-21(35)14(30-15)4-3-9-24(25,26)27/h5-8,10-11H,3-4,9H2,1-2H3,(H3,29,32,33,34,36). The Morgan fingerprint density at radius 3 is 2.54 bits per heavy atom. The van der Waals surface area contributed by atoms with Crippen molar-refractivity contribution < 1.29 is 22.7 Å². The fraction of sp³-hybridized carbons (Fsp3) is 0.292. The largest absolute Gasteiger partial charge is 0.480 e. The number of nitrogen functional groups attached to an aromatic ring is 1. The second-order valence-corrected chi connectivity index (χ2v) is 10.0. The van der Waals surface area contributed by atoms with Crippen LogP contribution in [0.15, 0.2) is 36.7 Å². The van der Waals surface area contributed by atoms with Crippen molar-refractivity contribution in [3.63, 3.8) is 0 Å². The number of fused-ring (bicyclic) bond motifs is 2. The molecule has 4 heterocycles. The van der Waals surface area contributed by atoms with Gasteiger partial charge < -0.3 is 15.8 Å². The molecule has 0 radical (unpaired) electrons. The highest BCUT2D eigenvalue weighted by Gasteiger charge is 2.47. The van der Waals surface area contributed by atoms with Crippen LogP contribution in [0.4, 0.5) is 24.8 Å². The number of nitrogens with one attached hydrogen (secondary N) is 1. The lowest BCUT2D eigenvalue weighted by molar-refractivity contribution is -0.135. The second-order valence-electron chi connectivity index (χ2n) is 8.80. The molecule has 0 saturated heterocycles. The second kappa shape index (κ2) is 9.11. The number of hydrogen-bond donors (Lipinski definition) is 2. The molecule has 1 aliphatic rings. The van der Waals surface area contributed by atoms with Gasteiger partial charge >= 0.3 is 6.18 Å². The van der Waals surface area contributed by atoms with Gasteiger partial charge in [0.1, 0.15) is 22.7 Å². The molecule has 3 N–H and O–H groups in total. The van der Waals surface area contributed by atoms with Crippen LogP contribution in [0.1, 0.15) is 36.6 Å². The average molecular weight is 623 g/mol. The number of ether oxygens (including phenoxy) is 1. The Morgan fingerprint density at radius 1 is 1.14 bits per heavy atom. The molecule has 37 heavy (non-hydrogen) atoms. The van der Waals surface area contributed by atoms with Gasteiger partial charge in [0, 0.05) is 16.2 Å². The number of aromatic nitrogens is 5. The molecule has 1 amide bonds. The molecule has 3 aromatic heterocycles. The third-order valence-corrected chi connectivity index (χ3v) is 7.06. The Bertz CT molecular complexity index is 1520. The lowest BCUT2D eigenvalue weighted by Crippen LogP contribution is -2.33. The summed E-state index contributed by atoms with van der Waals surface area (Å²) >= 11 is 2.18. The normalized spacial score (nSPS) is 17.2. The van der Waals surface area contributed by atoms with Gasteiger partial charge in [0.15, 0.2) is 11.5 Å². The van der Waals surface area contributed by atoms with Gasteiger partial charge in [0.05, 0.1) is 24.6 Å². The first-order chi connectivity index (χ1) is 17.5. The van der Waals surface area contributed by atoms with E-state index in [4.69, 9.17) is 10.5 Å². The van der Waals surface area contributed by atoms with Gasteiger partial charge in [0.25, 0.3) is 0 Å². The van der Waals surface area contributed by atoms with Gasteiger partial charge in [-0.05, 0) is 60.1 Å². The number of hydrogen-bond acceptors (Lipinski definition) is 7. The maximum Gasteiger partial charge on any atom is 0.389 e. The molecule has 1 aromatic carbocycles. The summed E-state index contributed by atoms with van der Waals surface area (Å²) in [6.45, 7) is 1.76. The zero-order valence-electron chi connectivity index (χ0n) is 19.7. The van der Waals surface area contributed by atoms with Crippen LogP contribution < -0.4 is 15.8 Å². The third kappa shape index (κ3) is 4.55. The first-order valence-electron chi connectivity index (χ1n) is 11.2. The van der Waals surface area contributed by atoms with Crippen LogP contribution in [0, 0.1) is 3.57 Å². The predicted molar refractivity (Wildman–Crippen MR) is 138 cm³/mol. The molecule has 1 unspecified atom stereocenters. The number of amides is 1. The Balaban J connectivity index is 1.58. The Hall–Kier alpha value is -3.49. The fourth-order valence-electron chi connectivity index (χ4n) is 4.45. The van der Waals surface area contributed by atoms with E-state index in [1.54, 1.807) is 23.7 Å². The molecule has 192 valence electrons. The number of alkyl halides is 3.